The molecule has 0 fully saturated rings. The molecule has 0 saturated carbocycles. The molecule has 2 aromatic rings. The summed E-state index contributed by atoms with van der Waals surface area (Å²) >= 11 is 17.5. The zero-order valence-electron chi connectivity index (χ0n) is 8.79. The van der Waals surface area contributed by atoms with Crippen LogP contribution in [0.4, 0.5) is 0 Å². The first-order valence-electron chi connectivity index (χ1n) is 4.97. The lowest BCUT2D eigenvalue weighted by molar-refractivity contribution is 0.482. The Kier molecular flexibility index (Phi) is 4.16. The van der Waals surface area contributed by atoms with Crippen molar-refractivity contribution in [2.24, 2.45) is 0 Å². The molecule has 0 spiro atoms. The minimum absolute atomic E-state index is 0.457. The molecule has 2 rings (SSSR count). The first-order chi connectivity index (χ1) is 8.19. The molecule has 0 aliphatic rings. The molecule has 0 atom stereocenters. The summed E-state index contributed by atoms with van der Waals surface area (Å²) < 4.78 is 5.65. The molecule has 0 aromatic heterocycles. The number of benzene rings is 2. The molecular weight excluding hydrogens is 279 g/mol. The van der Waals surface area contributed by atoms with E-state index in [0.717, 1.165) is 11.3 Å². The molecule has 17 heavy (non-hydrogen) atoms. The van der Waals surface area contributed by atoms with Crippen molar-refractivity contribution in [3.63, 3.8) is 0 Å². The third-order valence-electron chi connectivity index (χ3n) is 2.18. The topological polar surface area (TPSA) is 9.23 Å². The molecule has 0 heterocycles. The zero-order chi connectivity index (χ0) is 12.3. The van der Waals surface area contributed by atoms with E-state index in [9.17, 15) is 0 Å². The molecule has 0 saturated heterocycles. The predicted octanol–water partition coefficient (Wildman–Crippen LogP) is 5.52. The Morgan fingerprint density at radius 1 is 0.882 bits per heavy atom. The Bertz CT molecular complexity index is 526. The van der Waals surface area contributed by atoms with E-state index in [2.05, 4.69) is 0 Å². The maximum Gasteiger partial charge on any atom is 0.129 e. The van der Waals surface area contributed by atoms with Crippen molar-refractivity contribution < 1.29 is 4.74 Å². The number of ether oxygens (including phenoxy) is 1. The van der Waals surface area contributed by atoms with Crippen LogP contribution >= 0.6 is 34.8 Å². The van der Waals surface area contributed by atoms with Gasteiger partial charge in [-0.15, -0.1) is 11.6 Å². The fourth-order valence-corrected chi connectivity index (χ4v) is 1.82. The molecule has 88 valence electrons. The molecule has 0 aliphatic carbocycles. The van der Waals surface area contributed by atoms with Gasteiger partial charge >= 0.3 is 0 Å². The van der Waals surface area contributed by atoms with Gasteiger partial charge in [-0.1, -0.05) is 35.3 Å². The van der Waals surface area contributed by atoms with Crippen molar-refractivity contribution in [3.8, 4) is 11.5 Å². The van der Waals surface area contributed by atoms with Crippen molar-refractivity contribution >= 4 is 34.8 Å². The van der Waals surface area contributed by atoms with Gasteiger partial charge in [0.2, 0.25) is 0 Å². The van der Waals surface area contributed by atoms with Crippen LogP contribution in [0.25, 0.3) is 0 Å². The van der Waals surface area contributed by atoms with Gasteiger partial charge in [-0.05, 0) is 29.8 Å². The molecule has 4 heteroatoms. The van der Waals surface area contributed by atoms with Gasteiger partial charge in [0.25, 0.3) is 0 Å². The van der Waals surface area contributed by atoms with Crippen molar-refractivity contribution in [1.29, 1.82) is 0 Å². The Morgan fingerprint density at radius 3 is 2.35 bits per heavy atom. The van der Waals surface area contributed by atoms with Crippen molar-refractivity contribution in [2.75, 3.05) is 0 Å². The summed E-state index contributed by atoms with van der Waals surface area (Å²) in [5, 5.41) is 0.978. The van der Waals surface area contributed by atoms with Gasteiger partial charge in [-0.3, -0.25) is 0 Å². The van der Waals surface area contributed by atoms with Gasteiger partial charge in [-0.2, -0.15) is 0 Å². The molecule has 0 unspecified atom stereocenters. The number of alkyl halides is 1. The Labute approximate surface area is 115 Å². The molecule has 0 aliphatic heterocycles. The second-order valence-electron chi connectivity index (χ2n) is 3.46. The lowest BCUT2D eigenvalue weighted by atomic mass is 10.2. The normalized spacial score (nSPS) is 10.3. The lowest BCUT2D eigenvalue weighted by Crippen LogP contribution is -1.86. The summed E-state index contributed by atoms with van der Waals surface area (Å²) in [6, 6.07) is 12.7. The molecular formula is C13H9Cl3O. The molecule has 0 amide bonds. The van der Waals surface area contributed by atoms with Gasteiger partial charge in [0.05, 0.1) is 10.0 Å². The van der Waals surface area contributed by atoms with Crippen LogP contribution in [0.1, 0.15) is 5.56 Å². The first kappa shape index (κ1) is 12.6. The quantitative estimate of drug-likeness (QED) is 0.675. The van der Waals surface area contributed by atoms with E-state index in [0.29, 0.717) is 21.7 Å². The smallest absolute Gasteiger partial charge is 0.129 e. The Hall–Kier alpha value is -0.890. The highest BCUT2D eigenvalue weighted by atomic mass is 35.5. The van der Waals surface area contributed by atoms with Gasteiger partial charge < -0.3 is 4.74 Å². The average molecular weight is 288 g/mol. The summed E-state index contributed by atoms with van der Waals surface area (Å²) in [5.74, 6) is 1.83. The van der Waals surface area contributed by atoms with Crippen molar-refractivity contribution in [1.82, 2.24) is 0 Å². The van der Waals surface area contributed by atoms with E-state index in [4.69, 9.17) is 39.5 Å². The molecule has 2 aromatic carbocycles. The van der Waals surface area contributed by atoms with E-state index in [-0.39, 0.29) is 0 Å². The summed E-state index contributed by atoms with van der Waals surface area (Å²) in [7, 11) is 0. The second-order valence-corrected chi connectivity index (χ2v) is 4.54. The highest BCUT2D eigenvalue weighted by molar-refractivity contribution is 6.42. The van der Waals surface area contributed by atoms with Crippen LogP contribution in [0, 0.1) is 0 Å². The molecule has 0 N–H and O–H groups in total. The maximum absolute atomic E-state index is 5.91. The van der Waals surface area contributed by atoms with E-state index >= 15 is 0 Å². The Morgan fingerprint density at radius 2 is 1.65 bits per heavy atom. The second kappa shape index (κ2) is 5.63. The third kappa shape index (κ3) is 3.29. The van der Waals surface area contributed by atoms with Crippen LogP contribution in [0.3, 0.4) is 0 Å². The van der Waals surface area contributed by atoms with Crippen LogP contribution < -0.4 is 4.74 Å². The monoisotopic (exact) mass is 286 g/mol. The number of hydrogen-bond acceptors (Lipinski definition) is 1. The molecule has 0 radical (unpaired) electrons. The predicted molar refractivity (Wildman–Crippen MR) is 72.5 cm³/mol. The van der Waals surface area contributed by atoms with Crippen LogP contribution in [0.5, 0.6) is 11.5 Å². The minimum Gasteiger partial charge on any atom is -0.457 e. The fourth-order valence-electron chi connectivity index (χ4n) is 1.37. The maximum atomic E-state index is 5.91. The number of halogens is 3. The van der Waals surface area contributed by atoms with Crippen LogP contribution in [0.2, 0.25) is 10.0 Å². The third-order valence-corrected chi connectivity index (χ3v) is 3.23. The van der Waals surface area contributed by atoms with E-state index in [1.54, 1.807) is 18.2 Å². The summed E-state index contributed by atoms with van der Waals surface area (Å²) in [6.45, 7) is 0. The fraction of sp³-hybridized carbons (Fsp3) is 0.0769. The average Bonchev–Trinajstić information content (AvgIpc) is 2.34. The Balaban J connectivity index is 2.22. The van der Waals surface area contributed by atoms with Gasteiger partial charge in [0.15, 0.2) is 0 Å². The minimum atomic E-state index is 0.457. The first-order valence-corrected chi connectivity index (χ1v) is 6.26. The van der Waals surface area contributed by atoms with Gasteiger partial charge in [-0.25, -0.2) is 0 Å². The zero-order valence-corrected chi connectivity index (χ0v) is 11.1. The van der Waals surface area contributed by atoms with Crippen molar-refractivity contribution in [2.45, 2.75) is 5.88 Å². The van der Waals surface area contributed by atoms with Crippen molar-refractivity contribution in [3.05, 3.63) is 58.1 Å². The largest absolute Gasteiger partial charge is 0.457 e. The van der Waals surface area contributed by atoms with Gasteiger partial charge in [0.1, 0.15) is 11.5 Å². The number of rotatable bonds is 3. The van der Waals surface area contributed by atoms with Crippen LogP contribution in [-0.4, -0.2) is 0 Å². The number of hydrogen-bond donors (Lipinski definition) is 0. The van der Waals surface area contributed by atoms with E-state index < -0.39 is 0 Å². The molecule has 1 nitrogen and oxygen atoms in total. The van der Waals surface area contributed by atoms with Gasteiger partial charge in [0, 0.05) is 11.9 Å². The highest BCUT2D eigenvalue weighted by Crippen LogP contribution is 2.29. The summed E-state index contributed by atoms with van der Waals surface area (Å²) in [6.07, 6.45) is 0. The van der Waals surface area contributed by atoms with E-state index in [1.807, 2.05) is 24.3 Å². The molecule has 0 bridgehead atoms. The summed E-state index contributed by atoms with van der Waals surface area (Å²) in [5.41, 5.74) is 1.00. The summed E-state index contributed by atoms with van der Waals surface area (Å²) in [4.78, 5) is 0. The van der Waals surface area contributed by atoms with E-state index in [1.165, 1.54) is 0 Å². The standard InChI is InChI=1S/C13H9Cl3O/c14-8-9-2-1-3-10(6-9)17-11-4-5-12(15)13(16)7-11/h1-7H,8H2. The SMILES string of the molecule is ClCc1cccc(Oc2ccc(Cl)c(Cl)c2)c1. The van der Waals surface area contributed by atoms with Crippen LogP contribution in [-0.2, 0) is 5.88 Å². The lowest BCUT2D eigenvalue weighted by Gasteiger charge is -2.07. The van der Waals surface area contributed by atoms with Crippen LogP contribution in [0.15, 0.2) is 42.5 Å². The highest BCUT2D eigenvalue weighted by Gasteiger charge is 2.02.